The van der Waals surface area contributed by atoms with Crippen LogP contribution >= 0.6 is 0 Å². The maximum Gasteiger partial charge on any atom is 0.412 e. The first-order valence-electron chi connectivity index (χ1n) is 13.8. The molecule has 5 rings (SSSR count). The van der Waals surface area contributed by atoms with Crippen LogP contribution < -0.4 is 5.32 Å². The summed E-state index contributed by atoms with van der Waals surface area (Å²) in [5.41, 5.74) is 3.35. The molecule has 0 saturated heterocycles. The fourth-order valence-electron chi connectivity index (χ4n) is 4.04. The van der Waals surface area contributed by atoms with Crippen molar-refractivity contribution in [3.63, 3.8) is 0 Å². The van der Waals surface area contributed by atoms with Gasteiger partial charge in [0.05, 0.1) is 24.4 Å². The molecule has 0 unspecified atom stereocenters. The highest BCUT2D eigenvalue weighted by Gasteiger charge is 2.51. The third-order valence-corrected chi connectivity index (χ3v) is 6.40. The van der Waals surface area contributed by atoms with Crippen molar-refractivity contribution in [1.29, 1.82) is 0 Å². The molecule has 7 nitrogen and oxygen atoms in total. The number of rotatable bonds is 5. The highest BCUT2D eigenvalue weighted by atomic mass is 19.1. The number of amides is 1. The number of anilines is 1. The largest absolute Gasteiger partial charge is 0.481 e. The number of hydrogen-bond donors (Lipinski definition) is 2. The van der Waals surface area contributed by atoms with Crippen molar-refractivity contribution in [3.05, 3.63) is 102 Å². The zero-order valence-corrected chi connectivity index (χ0v) is 24.9. The summed E-state index contributed by atoms with van der Waals surface area (Å²) >= 11 is 0. The van der Waals surface area contributed by atoms with Crippen LogP contribution in [0.15, 0.2) is 79.0 Å². The smallest absolute Gasteiger partial charge is 0.412 e. The summed E-state index contributed by atoms with van der Waals surface area (Å²) in [5.74, 6) is -0.894. The molecule has 0 radical (unpaired) electrons. The van der Waals surface area contributed by atoms with E-state index in [9.17, 15) is 19.1 Å². The van der Waals surface area contributed by atoms with Gasteiger partial charge in [0.15, 0.2) is 0 Å². The van der Waals surface area contributed by atoms with Crippen LogP contribution in [-0.4, -0.2) is 34.1 Å². The Hall–Kier alpha value is -4.46. The van der Waals surface area contributed by atoms with E-state index in [0.29, 0.717) is 41.0 Å². The van der Waals surface area contributed by atoms with E-state index in [1.807, 2.05) is 52.8 Å². The van der Waals surface area contributed by atoms with E-state index in [1.54, 1.807) is 47.3 Å². The van der Waals surface area contributed by atoms with Gasteiger partial charge >= 0.3 is 12.1 Å². The van der Waals surface area contributed by atoms with Gasteiger partial charge in [0.2, 0.25) is 0 Å². The number of ether oxygens (including phenoxy) is 1. The number of aryl methyl sites for hydroxylation is 2. The van der Waals surface area contributed by atoms with Crippen LogP contribution in [0, 0.1) is 19.7 Å². The van der Waals surface area contributed by atoms with Crippen molar-refractivity contribution >= 4 is 17.9 Å². The molecule has 1 fully saturated rings. The number of hydrogen-bond acceptors (Lipinski definition) is 4. The number of carboxylic acids is 1. The molecule has 1 aliphatic rings. The SMILES string of the molecule is CC.CC.COC(=O)Nc1c(C)cnn1-c1ccc(-c2ccc(C3(C(=O)O)CC3)cc2F)cc1.Cc1ccccc1. The second-order valence-electron chi connectivity index (χ2n) is 8.99. The molecule has 41 heavy (non-hydrogen) atoms. The first-order valence-corrected chi connectivity index (χ1v) is 13.8. The monoisotopic (exact) mass is 561 g/mol. The summed E-state index contributed by atoms with van der Waals surface area (Å²) in [5, 5.41) is 16.3. The van der Waals surface area contributed by atoms with Gasteiger partial charge in [-0.05, 0) is 56.0 Å². The van der Waals surface area contributed by atoms with Gasteiger partial charge in [-0.15, -0.1) is 0 Å². The number of nitrogens with zero attached hydrogens (tertiary/aromatic N) is 2. The lowest BCUT2D eigenvalue weighted by atomic mass is 9.93. The molecule has 1 heterocycles. The van der Waals surface area contributed by atoms with E-state index in [4.69, 9.17) is 0 Å². The Morgan fingerprint density at radius 1 is 0.951 bits per heavy atom. The van der Waals surface area contributed by atoms with Crippen LogP contribution in [0.4, 0.5) is 15.0 Å². The number of halogens is 1. The van der Waals surface area contributed by atoms with Crippen LogP contribution in [0.5, 0.6) is 0 Å². The van der Waals surface area contributed by atoms with Gasteiger partial charge in [-0.3, -0.25) is 10.1 Å². The number of carbonyl (C=O) groups is 2. The fourth-order valence-corrected chi connectivity index (χ4v) is 4.04. The molecule has 1 saturated carbocycles. The molecule has 0 atom stereocenters. The first-order chi connectivity index (χ1) is 19.7. The number of aliphatic carboxylic acids is 1. The van der Waals surface area contributed by atoms with Crippen molar-refractivity contribution in [1.82, 2.24) is 9.78 Å². The van der Waals surface area contributed by atoms with Crippen molar-refractivity contribution < 1.29 is 23.8 Å². The second-order valence-corrected chi connectivity index (χ2v) is 8.99. The van der Waals surface area contributed by atoms with Crippen LogP contribution in [0.2, 0.25) is 0 Å². The highest BCUT2D eigenvalue weighted by molar-refractivity contribution is 5.85. The van der Waals surface area contributed by atoms with Gasteiger partial charge in [-0.25, -0.2) is 13.9 Å². The number of benzene rings is 3. The van der Waals surface area contributed by atoms with E-state index < -0.39 is 23.3 Å². The van der Waals surface area contributed by atoms with E-state index in [-0.39, 0.29) is 0 Å². The van der Waals surface area contributed by atoms with Gasteiger partial charge in [-0.2, -0.15) is 5.10 Å². The summed E-state index contributed by atoms with van der Waals surface area (Å²) in [4.78, 5) is 23.1. The van der Waals surface area contributed by atoms with E-state index in [0.717, 1.165) is 5.56 Å². The third-order valence-electron chi connectivity index (χ3n) is 6.40. The maximum absolute atomic E-state index is 14.8. The predicted octanol–water partition coefficient (Wildman–Crippen LogP) is 8.33. The molecular formula is C33H40FN3O4. The normalized spacial score (nSPS) is 12.2. The van der Waals surface area contributed by atoms with Crippen molar-refractivity contribution in [2.24, 2.45) is 0 Å². The maximum atomic E-state index is 14.8. The van der Waals surface area contributed by atoms with Gasteiger partial charge in [0, 0.05) is 11.1 Å². The molecule has 2 N–H and O–H groups in total. The molecule has 0 spiro atoms. The van der Waals surface area contributed by atoms with Gasteiger partial charge < -0.3 is 9.84 Å². The number of carbonyl (C=O) groups excluding carboxylic acids is 1. The Kier molecular flexibility index (Phi) is 12.3. The number of aromatic nitrogens is 2. The third kappa shape index (κ3) is 8.03. The Labute approximate surface area is 242 Å². The van der Waals surface area contributed by atoms with Crippen LogP contribution in [-0.2, 0) is 14.9 Å². The molecular weight excluding hydrogens is 521 g/mol. The zero-order valence-electron chi connectivity index (χ0n) is 24.9. The lowest BCUT2D eigenvalue weighted by Crippen LogP contribution is -2.19. The Bertz CT molecular complexity index is 1410. The molecule has 1 aromatic heterocycles. The van der Waals surface area contributed by atoms with Crippen LogP contribution in [0.3, 0.4) is 0 Å². The number of carboxylic acid groups (broad SMARTS) is 1. The van der Waals surface area contributed by atoms with Crippen LogP contribution in [0.25, 0.3) is 16.8 Å². The molecule has 3 aromatic carbocycles. The van der Waals surface area contributed by atoms with E-state index in [2.05, 4.69) is 34.2 Å². The zero-order chi connectivity index (χ0) is 30.6. The minimum absolute atomic E-state index is 0.385. The molecule has 8 heteroatoms. The summed E-state index contributed by atoms with van der Waals surface area (Å²) in [6.07, 6.45) is 2.07. The Morgan fingerprint density at radius 2 is 1.56 bits per heavy atom. The van der Waals surface area contributed by atoms with E-state index in [1.165, 1.54) is 18.7 Å². The Balaban J connectivity index is 0.000000456. The first kappa shape index (κ1) is 32.8. The summed E-state index contributed by atoms with van der Waals surface area (Å²) in [6.45, 7) is 11.9. The number of nitrogens with one attached hydrogen (secondary N) is 1. The van der Waals surface area contributed by atoms with Gasteiger partial charge in [0.1, 0.15) is 11.6 Å². The average molecular weight is 562 g/mol. The quantitative estimate of drug-likeness (QED) is 0.255. The summed E-state index contributed by atoms with van der Waals surface area (Å²) in [6, 6.07) is 21.9. The topological polar surface area (TPSA) is 93.5 Å². The minimum atomic E-state index is -0.940. The van der Waals surface area contributed by atoms with Gasteiger partial charge in [0.25, 0.3) is 0 Å². The summed E-state index contributed by atoms with van der Waals surface area (Å²) in [7, 11) is 1.28. The van der Waals surface area contributed by atoms with Crippen molar-refractivity contribution in [3.8, 4) is 16.8 Å². The Morgan fingerprint density at radius 3 is 2.02 bits per heavy atom. The van der Waals surface area contributed by atoms with Crippen molar-refractivity contribution in [2.45, 2.75) is 59.8 Å². The molecule has 4 aromatic rings. The highest BCUT2D eigenvalue weighted by Crippen LogP contribution is 2.49. The second kappa shape index (κ2) is 15.4. The molecule has 0 aliphatic heterocycles. The average Bonchev–Trinajstić information content (AvgIpc) is 3.75. The van der Waals surface area contributed by atoms with Crippen LogP contribution in [0.1, 0.15) is 57.2 Å². The lowest BCUT2D eigenvalue weighted by molar-refractivity contribution is -0.140. The standard InChI is InChI=1S/C22H20FN3O4.C7H8.2C2H6/c1-13-12-24-26(19(13)25-21(29)30-2)16-6-3-14(4-7-16)17-8-5-15(11-18(17)23)22(9-10-22)20(27)28;1-7-5-3-2-4-6-7;2*1-2/h3-8,11-12H,9-10H2,1-2H3,(H,25,29)(H,27,28);2-6H,1H3;2*1-2H3. The minimum Gasteiger partial charge on any atom is -0.481 e. The van der Waals surface area contributed by atoms with Crippen molar-refractivity contribution in [2.75, 3.05) is 12.4 Å². The lowest BCUT2D eigenvalue weighted by Gasteiger charge is -2.13. The van der Waals surface area contributed by atoms with E-state index >= 15 is 0 Å². The van der Waals surface area contributed by atoms with Gasteiger partial charge in [-0.1, -0.05) is 87.9 Å². The number of methoxy groups -OCH3 is 1. The molecule has 1 amide bonds. The summed E-state index contributed by atoms with van der Waals surface area (Å²) < 4.78 is 21.0. The molecule has 0 bridgehead atoms. The molecule has 218 valence electrons. The fraction of sp³-hybridized carbons (Fsp3) is 0.303. The predicted molar refractivity (Wildman–Crippen MR) is 162 cm³/mol. The molecule has 1 aliphatic carbocycles.